The zero-order valence-corrected chi connectivity index (χ0v) is 11.9. The second kappa shape index (κ2) is 5.90. The van der Waals surface area contributed by atoms with Crippen molar-refractivity contribution < 1.29 is 18.0 Å². The summed E-state index contributed by atoms with van der Waals surface area (Å²) < 4.78 is 37.4. The number of halogens is 4. The molecule has 5 heteroatoms. The number of rotatable bonds is 3. The van der Waals surface area contributed by atoms with Crippen LogP contribution in [0, 0.1) is 6.92 Å². The van der Waals surface area contributed by atoms with Crippen LogP contribution >= 0.6 is 11.6 Å². The molecule has 0 saturated heterocycles. The molecule has 0 spiro atoms. The summed E-state index contributed by atoms with van der Waals surface area (Å²) in [5.74, 6) is -0.219. The lowest BCUT2D eigenvalue weighted by molar-refractivity contribution is -0.137. The Hall–Kier alpha value is -1.81. The molecule has 0 saturated carbocycles. The summed E-state index contributed by atoms with van der Waals surface area (Å²) in [5, 5.41) is 0.384. The molecule has 1 nitrogen and oxygen atoms in total. The Morgan fingerprint density at radius 3 is 2.29 bits per heavy atom. The van der Waals surface area contributed by atoms with Crippen molar-refractivity contribution in [2.45, 2.75) is 19.5 Å². The third kappa shape index (κ3) is 3.64. The highest BCUT2D eigenvalue weighted by Crippen LogP contribution is 2.29. The van der Waals surface area contributed by atoms with Gasteiger partial charge in [0.05, 0.1) is 10.6 Å². The Morgan fingerprint density at radius 1 is 1.10 bits per heavy atom. The van der Waals surface area contributed by atoms with Gasteiger partial charge in [0.1, 0.15) is 0 Å². The maximum atomic E-state index is 12.5. The minimum absolute atomic E-state index is 0.0152. The van der Waals surface area contributed by atoms with Crippen LogP contribution in [-0.4, -0.2) is 5.78 Å². The van der Waals surface area contributed by atoms with Crippen molar-refractivity contribution in [3.63, 3.8) is 0 Å². The molecule has 0 atom stereocenters. The van der Waals surface area contributed by atoms with Crippen LogP contribution in [0.1, 0.15) is 27.0 Å². The number of hydrogen-bond donors (Lipinski definition) is 0. The van der Waals surface area contributed by atoms with Crippen molar-refractivity contribution in [1.82, 2.24) is 0 Å². The first kappa shape index (κ1) is 15.6. The molecule has 21 heavy (non-hydrogen) atoms. The van der Waals surface area contributed by atoms with Crippen molar-refractivity contribution in [3.8, 4) is 0 Å². The van der Waals surface area contributed by atoms with E-state index < -0.39 is 11.7 Å². The first-order valence-corrected chi connectivity index (χ1v) is 6.61. The molecule has 2 rings (SSSR count). The van der Waals surface area contributed by atoms with E-state index >= 15 is 0 Å². The fourth-order valence-electron chi connectivity index (χ4n) is 1.95. The number of carbonyl (C=O) groups is 1. The van der Waals surface area contributed by atoms with E-state index in [1.165, 1.54) is 12.1 Å². The van der Waals surface area contributed by atoms with Crippen LogP contribution < -0.4 is 0 Å². The molecule has 0 radical (unpaired) electrons. The molecule has 0 aliphatic carbocycles. The van der Waals surface area contributed by atoms with Crippen LogP contribution in [-0.2, 0) is 12.6 Å². The summed E-state index contributed by atoms with van der Waals surface area (Å²) in [6.45, 7) is 1.79. The molecule has 0 amide bonds. The van der Waals surface area contributed by atoms with Crippen molar-refractivity contribution >= 4 is 17.4 Å². The number of Topliss-reactive ketones (excluding diaryl/α,β-unsaturated/α-hetero) is 1. The van der Waals surface area contributed by atoms with Crippen LogP contribution in [0.5, 0.6) is 0 Å². The highest BCUT2D eigenvalue weighted by molar-refractivity contribution is 6.34. The molecule has 0 bridgehead atoms. The summed E-state index contributed by atoms with van der Waals surface area (Å²) in [5.41, 5.74) is 0.962. The second-order valence-corrected chi connectivity index (χ2v) is 5.11. The average Bonchev–Trinajstić information content (AvgIpc) is 2.41. The minimum atomic E-state index is -4.37. The first-order valence-electron chi connectivity index (χ1n) is 6.23. The SMILES string of the molecule is Cc1cccc(C(=O)Cc2ccc(C(F)(F)F)cc2)c1Cl. The fourth-order valence-corrected chi connectivity index (χ4v) is 2.19. The molecule has 2 aromatic rings. The van der Waals surface area contributed by atoms with Crippen LogP contribution in [0.15, 0.2) is 42.5 Å². The van der Waals surface area contributed by atoms with Gasteiger partial charge >= 0.3 is 6.18 Å². The number of carbonyl (C=O) groups excluding carboxylic acids is 1. The molecule has 0 aliphatic heterocycles. The van der Waals surface area contributed by atoms with Gasteiger partial charge in [0, 0.05) is 12.0 Å². The smallest absolute Gasteiger partial charge is 0.294 e. The van der Waals surface area contributed by atoms with Gasteiger partial charge in [0.15, 0.2) is 5.78 Å². The van der Waals surface area contributed by atoms with Crippen molar-refractivity contribution in [1.29, 1.82) is 0 Å². The lowest BCUT2D eigenvalue weighted by Crippen LogP contribution is -2.07. The second-order valence-electron chi connectivity index (χ2n) is 4.73. The summed E-state index contributed by atoms with van der Waals surface area (Å²) in [6.07, 6.45) is -4.36. The van der Waals surface area contributed by atoms with Gasteiger partial charge in [-0.25, -0.2) is 0 Å². The molecule has 0 aromatic heterocycles. The highest BCUT2D eigenvalue weighted by Gasteiger charge is 2.30. The maximum absolute atomic E-state index is 12.5. The van der Waals surface area contributed by atoms with E-state index in [-0.39, 0.29) is 12.2 Å². The number of alkyl halides is 3. The minimum Gasteiger partial charge on any atom is -0.294 e. The standard InChI is InChI=1S/C16H12ClF3O/c1-10-3-2-4-13(15(10)17)14(21)9-11-5-7-12(8-6-11)16(18,19)20/h2-8H,9H2,1H3. The van der Waals surface area contributed by atoms with E-state index in [2.05, 4.69) is 0 Å². The van der Waals surface area contributed by atoms with Crippen LogP contribution in [0.25, 0.3) is 0 Å². The van der Waals surface area contributed by atoms with Gasteiger partial charge in [0.2, 0.25) is 0 Å². The quantitative estimate of drug-likeness (QED) is 0.721. The molecular weight excluding hydrogens is 301 g/mol. The summed E-state index contributed by atoms with van der Waals surface area (Å²) in [7, 11) is 0. The molecule has 2 aromatic carbocycles. The molecule has 0 N–H and O–H groups in total. The van der Waals surface area contributed by atoms with Gasteiger partial charge < -0.3 is 0 Å². The van der Waals surface area contributed by atoms with E-state index in [4.69, 9.17) is 11.6 Å². The van der Waals surface area contributed by atoms with Gasteiger partial charge in [-0.3, -0.25) is 4.79 Å². The predicted octanol–water partition coefficient (Wildman–Crippen LogP) is 5.09. The van der Waals surface area contributed by atoms with E-state index in [0.717, 1.165) is 17.7 Å². The van der Waals surface area contributed by atoms with Gasteiger partial charge in [-0.15, -0.1) is 0 Å². The third-order valence-corrected chi connectivity index (χ3v) is 3.64. The monoisotopic (exact) mass is 312 g/mol. The van der Waals surface area contributed by atoms with E-state index in [1.54, 1.807) is 25.1 Å². The lowest BCUT2D eigenvalue weighted by Gasteiger charge is -2.08. The third-order valence-electron chi connectivity index (χ3n) is 3.14. The number of aryl methyl sites for hydroxylation is 1. The van der Waals surface area contributed by atoms with Crippen molar-refractivity contribution in [3.05, 3.63) is 69.7 Å². The Morgan fingerprint density at radius 2 is 1.71 bits per heavy atom. The predicted molar refractivity (Wildman–Crippen MR) is 75.7 cm³/mol. The topological polar surface area (TPSA) is 17.1 Å². The van der Waals surface area contributed by atoms with Crippen LogP contribution in [0.3, 0.4) is 0 Å². The Kier molecular flexibility index (Phi) is 4.37. The molecule has 0 fully saturated rings. The Balaban J connectivity index is 2.18. The van der Waals surface area contributed by atoms with Crippen molar-refractivity contribution in [2.75, 3.05) is 0 Å². The summed E-state index contributed by atoms with van der Waals surface area (Å²) >= 11 is 6.07. The first-order chi connectivity index (χ1) is 9.79. The largest absolute Gasteiger partial charge is 0.416 e. The normalized spacial score (nSPS) is 11.5. The number of benzene rings is 2. The van der Waals surface area contributed by atoms with E-state index in [0.29, 0.717) is 16.1 Å². The van der Waals surface area contributed by atoms with Gasteiger partial charge in [-0.2, -0.15) is 13.2 Å². The molecule has 110 valence electrons. The molecule has 0 aliphatic rings. The zero-order valence-electron chi connectivity index (χ0n) is 11.2. The maximum Gasteiger partial charge on any atom is 0.416 e. The Bertz CT molecular complexity index is 660. The fraction of sp³-hybridized carbons (Fsp3) is 0.188. The number of hydrogen-bond acceptors (Lipinski definition) is 1. The molecular formula is C16H12ClF3O. The highest BCUT2D eigenvalue weighted by atomic mass is 35.5. The van der Waals surface area contributed by atoms with Crippen LogP contribution in [0.4, 0.5) is 13.2 Å². The van der Waals surface area contributed by atoms with Gasteiger partial charge in [-0.05, 0) is 36.2 Å². The van der Waals surface area contributed by atoms with Gasteiger partial charge in [-0.1, -0.05) is 35.9 Å². The lowest BCUT2D eigenvalue weighted by atomic mass is 10.0. The summed E-state index contributed by atoms with van der Waals surface area (Å²) in [6, 6.07) is 9.69. The van der Waals surface area contributed by atoms with E-state index in [1.807, 2.05) is 0 Å². The number of ketones is 1. The van der Waals surface area contributed by atoms with Crippen molar-refractivity contribution in [2.24, 2.45) is 0 Å². The van der Waals surface area contributed by atoms with Crippen LogP contribution in [0.2, 0.25) is 5.02 Å². The molecule has 0 heterocycles. The summed E-state index contributed by atoms with van der Waals surface area (Å²) in [4.78, 5) is 12.2. The van der Waals surface area contributed by atoms with E-state index in [9.17, 15) is 18.0 Å². The molecule has 0 unspecified atom stereocenters. The average molecular weight is 313 g/mol. The van der Waals surface area contributed by atoms with Gasteiger partial charge in [0.25, 0.3) is 0 Å². The Labute approximate surface area is 125 Å². The zero-order chi connectivity index (χ0) is 15.6.